The van der Waals surface area contributed by atoms with E-state index in [1.807, 2.05) is 12.2 Å². The molecule has 2 amide bonds. The molecule has 0 aliphatic carbocycles. The number of aromatic amines is 1. The number of pyridine rings is 1. The van der Waals surface area contributed by atoms with Gasteiger partial charge in [-0.05, 0) is 29.8 Å². The zero-order valence-electron chi connectivity index (χ0n) is 15.4. The SMILES string of the molecule is O=C(N[C@@H](Cc1ccc(F)cc1)C(=O)N1CC=CC1)c1cc2cc(Cl)ncc2[nH]1. The van der Waals surface area contributed by atoms with Gasteiger partial charge in [-0.15, -0.1) is 0 Å². The molecule has 0 unspecified atom stereocenters. The second-order valence-electron chi connectivity index (χ2n) is 6.85. The Morgan fingerprint density at radius 3 is 2.66 bits per heavy atom. The molecule has 1 atom stereocenters. The predicted octanol–water partition coefficient (Wildman–Crippen LogP) is 3.09. The average molecular weight is 413 g/mol. The van der Waals surface area contributed by atoms with Crippen LogP contribution in [0.3, 0.4) is 0 Å². The number of nitrogens with one attached hydrogen (secondary N) is 2. The molecule has 0 spiro atoms. The number of amides is 2. The molecule has 3 heterocycles. The summed E-state index contributed by atoms with van der Waals surface area (Å²) in [5, 5.41) is 3.89. The lowest BCUT2D eigenvalue weighted by Crippen LogP contribution is -2.49. The molecule has 8 heteroatoms. The van der Waals surface area contributed by atoms with Crippen molar-refractivity contribution in [1.29, 1.82) is 0 Å². The van der Waals surface area contributed by atoms with E-state index in [0.717, 1.165) is 10.9 Å². The van der Waals surface area contributed by atoms with E-state index < -0.39 is 11.9 Å². The normalized spacial score (nSPS) is 14.3. The van der Waals surface area contributed by atoms with Crippen molar-refractivity contribution in [2.24, 2.45) is 0 Å². The highest BCUT2D eigenvalue weighted by molar-refractivity contribution is 6.30. The minimum Gasteiger partial charge on any atom is -0.349 e. The molecule has 0 fully saturated rings. The molecular weight excluding hydrogens is 395 g/mol. The van der Waals surface area contributed by atoms with Crippen molar-refractivity contribution in [3.63, 3.8) is 0 Å². The first-order chi connectivity index (χ1) is 14.0. The Bertz CT molecular complexity index is 1090. The van der Waals surface area contributed by atoms with Crippen LogP contribution in [-0.2, 0) is 11.2 Å². The summed E-state index contributed by atoms with van der Waals surface area (Å²) in [6.07, 6.45) is 5.62. The van der Waals surface area contributed by atoms with E-state index in [1.54, 1.807) is 35.4 Å². The molecule has 29 heavy (non-hydrogen) atoms. The van der Waals surface area contributed by atoms with Crippen molar-refractivity contribution in [3.8, 4) is 0 Å². The molecule has 1 aliphatic heterocycles. The second-order valence-corrected chi connectivity index (χ2v) is 7.24. The largest absolute Gasteiger partial charge is 0.349 e. The summed E-state index contributed by atoms with van der Waals surface area (Å²) in [5.74, 6) is -0.951. The number of halogens is 2. The first-order valence-corrected chi connectivity index (χ1v) is 9.51. The number of fused-ring (bicyclic) bond motifs is 1. The standard InChI is InChI=1S/C21H18ClFN4O2/c22-19-11-14-10-16(25-18(14)12-24-19)20(28)26-17(21(29)27-7-1-2-8-27)9-13-3-5-15(23)6-4-13/h1-6,10-12,17,25H,7-9H2,(H,26,28)/t17-/m0/s1. The summed E-state index contributed by atoms with van der Waals surface area (Å²) in [5.41, 5.74) is 1.73. The fourth-order valence-corrected chi connectivity index (χ4v) is 3.46. The number of benzene rings is 1. The fourth-order valence-electron chi connectivity index (χ4n) is 3.30. The van der Waals surface area contributed by atoms with Crippen molar-refractivity contribution < 1.29 is 14.0 Å². The number of rotatable bonds is 5. The Labute approximate surface area is 171 Å². The Morgan fingerprint density at radius 2 is 1.93 bits per heavy atom. The first-order valence-electron chi connectivity index (χ1n) is 9.13. The number of hydrogen-bond acceptors (Lipinski definition) is 3. The van der Waals surface area contributed by atoms with Gasteiger partial charge in [0, 0.05) is 24.9 Å². The zero-order chi connectivity index (χ0) is 20.4. The van der Waals surface area contributed by atoms with Gasteiger partial charge in [-0.25, -0.2) is 9.37 Å². The van der Waals surface area contributed by atoms with Crippen molar-refractivity contribution in [1.82, 2.24) is 20.2 Å². The summed E-state index contributed by atoms with van der Waals surface area (Å²) in [7, 11) is 0. The van der Waals surface area contributed by atoms with Crippen LogP contribution in [0.1, 0.15) is 16.1 Å². The number of nitrogens with zero attached hydrogens (tertiary/aromatic N) is 2. The number of aromatic nitrogens is 2. The van der Waals surface area contributed by atoms with Crippen LogP contribution in [0.15, 0.2) is 54.7 Å². The van der Waals surface area contributed by atoms with Crippen molar-refractivity contribution in [3.05, 3.63) is 77.0 Å². The van der Waals surface area contributed by atoms with E-state index >= 15 is 0 Å². The van der Waals surface area contributed by atoms with Crippen molar-refractivity contribution in [2.75, 3.05) is 13.1 Å². The lowest BCUT2D eigenvalue weighted by atomic mass is 10.0. The van der Waals surface area contributed by atoms with Crippen LogP contribution in [-0.4, -0.2) is 45.8 Å². The smallest absolute Gasteiger partial charge is 0.268 e. The summed E-state index contributed by atoms with van der Waals surface area (Å²) in [6, 6.07) is 8.44. The minimum atomic E-state index is -0.777. The van der Waals surface area contributed by atoms with Gasteiger partial charge in [-0.3, -0.25) is 9.59 Å². The molecule has 148 valence electrons. The van der Waals surface area contributed by atoms with Gasteiger partial charge in [0.05, 0.1) is 11.7 Å². The molecule has 2 N–H and O–H groups in total. The lowest BCUT2D eigenvalue weighted by Gasteiger charge is -2.24. The van der Waals surface area contributed by atoms with Gasteiger partial charge in [0.15, 0.2) is 0 Å². The molecule has 4 rings (SSSR count). The fraction of sp³-hybridized carbons (Fsp3) is 0.190. The van der Waals surface area contributed by atoms with Gasteiger partial charge < -0.3 is 15.2 Å². The predicted molar refractivity (Wildman–Crippen MR) is 108 cm³/mol. The third-order valence-electron chi connectivity index (χ3n) is 4.80. The molecule has 6 nitrogen and oxygen atoms in total. The van der Waals surface area contributed by atoms with E-state index in [-0.39, 0.29) is 18.1 Å². The third kappa shape index (κ3) is 4.30. The Balaban J connectivity index is 1.56. The number of carbonyl (C=O) groups excluding carboxylic acids is 2. The lowest BCUT2D eigenvalue weighted by molar-refractivity contribution is -0.131. The maximum Gasteiger partial charge on any atom is 0.268 e. The number of carbonyl (C=O) groups is 2. The molecule has 0 saturated heterocycles. The molecule has 1 aromatic carbocycles. The molecule has 1 aliphatic rings. The van der Waals surface area contributed by atoms with Gasteiger partial charge in [0.1, 0.15) is 22.7 Å². The van der Waals surface area contributed by atoms with E-state index in [4.69, 9.17) is 11.6 Å². The maximum atomic E-state index is 13.2. The second kappa shape index (κ2) is 8.05. The number of hydrogen-bond donors (Lipinski definition) is 2. The number of H-pyrrole nitrogens is 1. The van der Waals surface area contributed by atoms with Gasteiger partial charge in [0.25, 0.3) is 5.91 Å². The summed E-state index contributed by atoms with van der Waals surface area (Å²) >= 11 is 5.90. The summed E-state index contributed by atoms with van der Waals surface area (Å²) < 4.78 is 13.2. The van der Waals surface area contributed by atoms with Crippen LogP contribution in [0.2, 0.25) is 5.15 Å². The van der Waals surface area contributed by atoms with Crippen molar-refractivity contribution in [2.45, 2.75) is 12.5 Å². The Morgan fingerprint density at radius 1 is 1.21 bits per heavy atom. The van der Waals surface area contributed by atoms with Gasteiger partial charge >= 0.3 is 0 Å². The zero-order valence-corrected chi connectivity index (χ0v) is 16.1. The summed E-state index contributed by atoms with van der Waals surface area (Å²) in [4.78, 5) is 34.4. The Hall–Kier alpha value is -3.19. The van der Waals surface area contributed by atoms with Gasteiger partial charge in [0.2, 0.25) is 5.91 Å². The van der Waals surface area contributed by atoms with E-state index in [9.17, 15) is 14.0 Å². The van der Waals surface area contributed by atoms with E-state index in [0.29, 0.717) is 29.5 Å². The average Bonchev–Trinajstić information content (AvgIpc) is 3.38. The van der Waals surface area contributed by atoms with Crippen LogP contribution < -0.4 is 5.32 Å². The molecular formula is C21H18ClFN4O2. The van der Waals surface area contributed by atoms with Gasteiger partial charge in [-0.1, -0.05) is 35.9 Å². The highest BCUT2D eigenvalue weighted by atomic mass is 35.5. The first kappa shape index (κ1) is 19.1. The molecule has 0 saturated carbocycles. The minimum absolute atomic E-state index is 0.187. The quantitative estimate of drug-likeness (QED) is 0.499. The topological polar surface area (TPSA) is 78.1 Å². The van der Waals surface area contributed by atoms with Crippen LogP contribution >= 0.6 is 11.6 Å². The highest BCUT2D eigenvalue weighted by Crippen LogP contribution is 2.18. The third-order valence-corrected chi connectivity index (χ3v) is 5.01. The van der Waals surface area contributed by atoms with Gasteiger partial charge in [-0.2, -0.15) is 0 Å². The highest BCUT2D eigenvalue weighted by Gasteiger charge is 2.27. The van der Waals surface area contributed by atoms with E-state index in [1.165, 1.54) is 12.1 Å². The summed E-state index contributed by atoms with van der Waals surface area (Å²) in [6.45, 7) is 1.01. The Kier molecular flexibility index (Phi) is 5.31. The van der Waals surface area contributed by atoms with Crippen LogP contribution in [0.4, 0.5) is 4.39 Å². The van der Waals surface area contributed by atoms with Crippen LogP contribution in [0, 0.1) is 5.82 Å². The monoisotopic (exact) mass is 412 g/mol. The molecule has 2 aromatic heterocycles. The van der Waals surface area contributed by atoms with Crippen LogP contribution in [0.25, 0.3) is 10.9 Å². The molecule has 3 aromatic rings. The molecule has 0 radical (unpaired) electrons. The molecule has 0 bridgehead atoms. The maximum absolute atomic E-state index is 13.2. The van der Waals surface area contributed by atoms with E-state index in [2.05, 4.69) is 15.3 Å². The van der Waals surface area contributed by atoms with Crippen LogP contribution in [0.5, 0.6) is 0 Å². The van der Waals surface area contributed by atoms with Crippen molar-refractivity contribution >= 4 is 34.3 Å².